The summed E-state index contributed by atoms with van der Waals surface area (Å²) in [7, 11) is 0. The van der Waals surface area contributed by atoms with Gasteiger partial charge in [0.25, 0.3) is 0 Å². The van der Waals surface area contributed by atoms with Crippen molar-refractivity contribution in [3.8, 4) is 17.6 Å². The Balaban J connectivity index is 2.43. The summed E-state index contributed by atoms with van der Waals surface area (Å²) in [4.78, 5) is 0. The Morgan fingerprint density at radius 2 is 2.00 bits per heavy atom. The second kappa shape index (κ2) is 4.99. The number of ether oxygens (including phenoxy) is 1. The van der Waals surface area contributed by atoms with Crippen LogP contribution < -0.4 is 10.5 Å². The van der Waals surface area contributed by atoms with Gasteiger partial charge in [-0.25, -0.2) is 0 Å². The van der Waals surface area contributed by atoms with Crippen LogP contribution in [0.25, 0.3) is 0 Å². The zero-order valence-electron chi connectivity index (χ0n) is 9.77. The average molecular weight is 259 g/mol. The molecule has 0 fully saturated rings. The molecule has 90 valence electrons. The Labute approximate surface area is 110 Å². The molecule has 18 heavy (non-hydrogen) atoms. The lowest BCUT2D eigenvalue weighted by Crippen LogP contribution is -1.94. The van der Waals surface area contributed by atoms with Gasteiger partial charge in [0.2, 0.25) is 0 Å². The highest BCUT2D eigenvalue weighted by atomic mass is 35.5. The van der Waals surface area contributed by atoms with Gasteiger partial charge in [-0.15, -0.1) is 0 Å². The number of nitrogens with zero attached hydrogens (tertiary/aromatic N) is 1. The maximum absolute atomic E-state index is 9.01. The molecule has 0 aliphatic carbocycles. The third kappa shape index (κ3) is 2.39. The summed E-state index contributed by atoms with van der Waals surface area (Å²) < 4.78 is 5.71. The predicted octanol–water partition coefficient (Wildman–Crippen LogP) is 3.89. The third-order valence-electron chi connectivity index (χ3n) is 2.61. The lowest BCUT2D eigenvalue weighted by Gasteiger charge is -2.11. The highest BCUT2D eigenvalue weighted by Gasteiger charge is 2.08. The number of hydrogen-bond donors (Lipinski definition) is 1. The molecule has 3 nitrogen and oxygen atoms in total. The van der Waals surface area contributed by atoms with E-state index in [9.17, 15) is 0 Å². The monoisotopic (exact) mass is 258 g/mol. The number of rotatable bonds is 2. The Morgan fingerprint density at radius 3 is 2.72 bits per heavy atom. The number of anilines is 1. The van der Waals surface area contributed by atoms with Crippen LogP contribution in [0.15, 0.2) is 36.4 Å². The third-order valence-corrected chi connectivity index (χ3v) is 2.85. The standard InChI is InChI=1S/C14H11ClN2O/c1-9-12(17)3-2-4-13(9)18-14-7-11(15)6-5-10(14)8-16/h2-7H,17H2,1H3. The molecule has 2 N–H and O–H groups in total. The van der Waals surface area contributed by atoms with Gasteiger partial charge in [0, 0.05) is 22.3 Å². The second-order valence-corrected chi connectivity index (χ2v) is 4.26. The van der Waals surface area contributed by atoms with Gasteiger partial charge in [0.1, 0.15) is 17.6 Å². The molecule has 0 atom stereocenters. The average Bonchev–Trinajstić information content (AvgIpc) is 2.35. The van der Waals surface area contributed by atoms with E-state index in [2.05, 4.69) is 6.07 Å². The van der Waals surface area contributed by atoms with Crippen molar-refractivity contribution in [1.29, 1.82) is 5.26 Å². The molecule has 0 aromatic heterocycles. The summed E-state index contributed by atoms with van der Waals surface area (Å²) in [6.07, 6.45) is 0. The molecular formula is C14H11ClN2O. The van der Waals surface area contributed by atoms with Gasteiger partial charge in [-0.1, -0.05) is 17.7 Å². The van der Waals surface area contributed by atoms with Crippen LogP contribution >= 0.6 is 11.6 Å². The van der Waals surface area contributed by atoms with Crippen LogP contribution in [-0.4, -0.2) is 0 Å². The molecule has 0 unspecified atom stereocenters. The minimum atomic E-state index is 0.429. The minimum absolute atomic E-state index is 0.429. The number of hydrogen-bond acceptors (Lipinski definition) is 3. The molecule has 0 radical (unpaired) electrons. The largest absolute Gasteiger partial charge is 0.456 e. The van der Waals surface area contributed by atoms with Crippen molar-refractivity contribution in [3.63, 3.8) is 0 Å². The van der Waals surface area contributed by atoms with Gasteiger partial charge >= 0.3 is 0 Å². The van der Waals surface area contributed by atoms with Crippen molar-refractivity contribution in [2.45, 2.75) is 6.92 Å². The molecule has 4 heteroatoms. The van der Waals surface area contributed by atoms with E-state index in [-0.39, 0.29) is 0 Å². The van der Waals surface area contributed by atoms with E-state index in [1.54, 1.807) is 36.4 Å². The molecule has 2 aromatic carbocycles. The van der Waals surface area contributed by atoms with E-state index in [1.807, 2.05) is 6.92 Å². The van der Waals surface area contributed by atoms with Crippen LogP contribution in [0.2, 0.25) is 5.02 Å². The molecule has 2 rings (SSSR count). The van der Waals surface area contributed by atoms with Crippen LogP contribution in [0, 0.1) is 18.3 Å². The van der Waals surface area contributed by atoms with Crippen molar-refractivity contribution < 1.29 is 4.74 Å². The van der Waals surface area contributed by atoms with Crippen LogP contribution in [0.1, 0.15) is 11.1 Å². The molecule has 2 aromatic rings. The Hall–Kier alpha value is -2.18. The molecule has 0 aliphatic rings. The van der Waals surface area contributed by atoms with Crippen molar-refractivity contribution in [2.24, 2.45) is 0 Å². The molecule has 0 bridgehead atoms. The fourth-order valence-electron chi connectivity index (χ4n) is 1.53. The quantitative estimate of drug-likeness (QED) is 0.831. The summed E-state index contributed by atoms with van der Waals surface area (Å²) in [6.45, 7) is 1.86. The van der Waals surface area contributed by atoms with Crippen LogP contribution in [0.4, 0.5) is 5.69 Å². The molecule has 0 aliphatic heterocycles. The smallest absolute Gasteiger partial charge is 0.146 e. The summed E-state index contributed by atoms with van der Waals surface area (Å²) in [6, 6.07) is 12.3. The summed E-state index contributed by atoms with van der Waals surface area (Å²) >= 11 is 5.90. The number of nitrogens with two attached hydrogens (primary N) is 1. The summed E-state index contributed by atoms with van der Waals surface area (Å²) in [5.74, 6) is 1.05. The van der Waals surface area contributed by atoms with Gasteiger partial charge in [-0.05, 0) is 31.2 Å². The lowest BCUT2D eigenvalue weighted by molar-refractivity contribution is 0.478. The van der Waals surface area contributed by atoms with Crippen molar-refractivity contribution in [3.05, 3.63) is 52.5 Å². The lowest BCUT2D eigenvalue weighted by atomic mass is 10.2. The van der Waals surface area contributed by atoms with Gasteiger partial charge in [0.15, 0.2) is 0 Å². The normalized spacial score (nSPS) is 9.83. The number of halogens is 1. The molecule has 0 heterocycles. The maximum Gasteiger partial charge on any atom is 0.146 e. The molecule has 0 amide bonds. The first-order chi connectivity index (χ1) is 8.61. The van der Waals surface area contributed by atoms with E-state index >= 15 is 0 Å². The molecule has 0 spiro atoms. The minimum Gasteiger partial charge on any atom is -0.456 e. The number of nitrogen functional groups attached to an aromatic ring is 1. The van der Waals surface area contributed by atoms with Crippen molar-refractivity contribution in [1.82, 2.24) is 0 Å². The Morgan fingerprint density at radius 1 is 1.22 bits per heavy atom. The van der Waals surface area contributed by atoms with Crippen molar-refractivity contribution in [2.75, 3.05) is 5.73 Å². The van der Waals surface area contributed by atoms with E-state index in [4.69, 9.17) is 27.3 Å². The van der Waals surface area contributed by atoms with Gasteiger partial charge in [-0.2, -0.15) is 5.26 Å². The zero-order valence-corrected chi connectivity index (χ0v) is 10.5. The van der Waals surface area contributed by atoms with Gasteiger partial charge in [0.05, 0.1) is 5.56 Å². The fraction of sp³-hybridized carbons (Fsp3) is 0.0714. The number of nitriles is 1. The zero-order chi connectivity index (χ0) is 13.1. The maximum atomic E-state index is 9.01. The van der Waals surface area contributed by atoms with Crippen molar-refractivity contribution >= 4 is 17.3 Å². The highest BCUT2D eigenvalue weighted by molar-refractivity contribution is 6.30. The number of benzene rings is 2. The van der Waals surface area contributed by atoms with E-state index in [0.29, 0.717) is 27.8 Å². The predicted molar refractivity (Wildman–Crippen MR) is 71.8 cm³/mol. The summed E-state index contributed by atoms with van der Waals surface area (Å²) in [5.41, 5.74) is 7.72. The molecule has 0 saturated carbocycles. The Bertz CT molecular complexity index is 632. The fourth-order valence-corrected chi connectivity index (χ4v) is 1.70. The first-order valence-corrected chi connectivity index (χ1v) is 5.72. The summed E-state index contributed by atoms with van der Waals surface area (Å²) in [5, 5.41) is 9.53. The van der Waals surface area contributed by atoms with Crippen LogP contribution in [0.5, 0.6) is 11.5 Å². The molecule has 0 saturated heterocycles. The van der Waals surface area contributed by atoms with Gasteiger partial charge < -0.3 is 10.5 Å². The Kier molecular flexibility index (Phi) is 3.40. The first kappa shape index (κ1) is 12.3. The highest BCUT2D eigenvalue weighted by Crippen LogP contribution is 2.31. The van der Waals surface area contributed by atoms with Crippen LogP contribution in [-0.2, 0) is 0 Å². The van der Waals surface area contributed by atoms with E-state index in [1.165, 1.54) is 0 Å². The SMILES string of the molecule is Cc1c(N)cccc1Oc1cc(Cl)ccc1C#N. The molecular weight excluding hydrogens is 248 g/mol. The first-order valence-electron chi connectivity index (χ1n) is 5.34. The topological polar surface area (TPSA) is 59.0 Å². The van der Waals surface area contributed by atoms with Gasteiger partial charge in [-0.3, -0.25) is 0 Å². The van der Waals surface area contributed by atoms with Crippen LogP contribution in [0.3, 0.4) is 0 Å². The van der Waals surface area contributed by atoms with E-state index < -0.39 is 0 Å². The van der Waals surface area contributed by atoms with E-state index in [0.717, 1.165) is 5.56 Å². The second-order valence-electron chi connectivity index (χ2n) is 3.82.